The first kappa shape index (κ1) is 34.7. The zero-order chi connectivity index (χ0) is 38.1. The first-order chi connectivity index (χ1) is 27.9. The average Bonchev–Trinajstić information content (AvgIpc) is 3.47. The highest BCUT2D eigenvalue weighted by Crippen LogP contribution is 2.68. The molecule has 282 valence electrons. The van der Waals surface area contributed by atoms with Crippen LogP contribution < -0.4 is 9.80 Å². The summed E-state index contributed by atoms with van der Waals surface area (Å²) < 4.78 is 0. The minimum atomic E-state index is -1.18. The maximum Gasteiger partial charge on any atom is 0.0540 e. The first-order valence-corrected chi connectivity index (χ1v) is 23.4. The molecule has 5 aliphatic rings. The van der Waals surface area contributed by atoms with E-state index >= 15 is 0 Å². The summed E-state index contributed by atoms with van der Waals surface area (Å²) in [6.07, 6.45) is 13.5. The molecular formula is C54H50N2S. The van der Waals surface area contributed by atoms with Crippen LogP contribution in [0.2, 0.25) is 0 Å². The number of benzene rings is 7. The molecule has 0 atom stereocenters. The molecule has 4 aliphatic carbocycles. The molecule has 0 saturated heterocycles. The predicted molar refractivity (Wildman–Crippen MR) is 243 cm³/mol. The van der Waals surface area contributed by atoms with Crippen LogP contribution in [0.15, 0.2) is 186 Å². The molecule has 0 spiro atoms. The fraction of sp³-hybridized carbons (Fsp3) is 0.222. The summed E-state index contributed by atoms with van der Waals surface area (Å²) in [7, 11) is -1.18. The van der Waals surface area contributed by atoms with Crippen molar-refractivity contribution in [2.45, 2.75) is 53.7 Å². The van der Waals surface area contributed by atoms with Gasteiger partial charge in [0.15, 0.2) is 0 Å². The number of rotatable bonds is 8. The van der Waals surface area contributed by atoms with E-state index in [1.165, 1.54) is 93.3 Å². The van der Waals surface area contributed by atoms with Gasteiger partial charge in [-0.2, -0.15) is 10.0 Å². The van der Waals surface area contributed by atoms with Gasteiger partial charge in [0.2, 0.25) is 0 Å². The van der Waals surface area contributed by atoms with Crippen molar-refractivity contribution in [2.24, 2.45) is 17.8 Å². The molecule has 4 saturated carbocycles. The predicted octanol–water partition coefficient (Wildman–Crippen LogP) is 15.2. The van der Waals surface area contributed by atoms with Crippen molar-refractivity contribution in [1.82, 2.24) is 0 Å². The number of para-hydroxylation sites is 2. The van der Waals surface area contributed by atoms with Crippen LogP contribution in [0.1, 0.15) is 44.1 Å². The molecule has 0 N–H and O–H groups in total. The standard InChI is InChI=1S/C54H50N2S/c1-57(2)52-20-12-10-18-49(52)50-30-29-47(34-53(50)57)56(51-19-11-9-17-48(51)41-13-5-3-6-14-41)46-27-25-45(26-28-46)55(43-15-7-4-8-16-43)44-23-21-42(22-24-44)54-35-38-31-39(36-54)33-40(32-38)37-54/h3-30,34,38-40H,31-33,35-37H2,1-2H3. The van der Waals surface area contributed by atoms with Gasteiger partial charge in [0.05, 0.1) is 5.69 Å². The molecule has 0 radical (unpaired) electrons. The molecule has 4 fully saturated rings. The zero-order valence-corrected chi connectivity index (χ0v) is 33.8. The van der Waals surface area contributed by atoms with Crippen molar-refractivity contribution in [3.05, 3.63) is 181 Å². The molecule has 0 unspecified atom stereocenters. The number of fused-ring (bicyclic) bond motifs is 3. The maximum atomic E-state index is 2.48. The van der Waals surface area contributed by atoms with E-state index in [1.807, 2.05) is 0 Å². The molecule has 1 heterocycles. The summed E-state index contributed by atoms with van der Waals surface area (Å²) in [6, 6.07) is 65.7. The average molecular weight is 759 g/mol. The lowest BCUT2D eigenvalue weighted by molar-refractivity contribution is -0.00518. The molecule has 12 rings (SSSR count). The van der Waals surface area contributed by atoms with Crippen molar-refractivity contribution in [1.29, 1.82) is 0 Å². The van der Waals surface area contributed by atoms with Gasteiger partial charge in [-0.05, 0) is 169 Å². The van der Waals surface area contributed by atoms with Crippen molar-refractivity contribution in [2.75, 3.05) is 22.3 Å². The Labute approximate surface area is 340 Å². The summed E-state index contributed by atoms with van der Waals surface area (Å²) in [5, 5.41) is 0. The first-order valence-electron chi connectivity index (χ1n) is 20.9. The van der Waals surface area contributed by atoms with Crippen LogP contribution in [0, 0.1) is 17.8 Å². The molecule has 2 nitrogen and oxygen atoms in total. The molecular weight excluding hydrogens is 709 g/mol. The second-order valence-electron chi connectivity index (χ2n) is 17.7. The van der Waals surface area contributed by atoms with E-state index in [0.717, 1.165) is 29.1 Å². The number of nitrogens with zero attached hydrogens (tertiary/aromatic N) is 2. The maximum absolute atomic E-state index is 2.48. The monoisotopic (exact) mass is 758 g/mol. The van der Waals surface area contributed by atoms with Crippen LogP contribution in [-0.2, 0) is 5.41 Å². The Hall–Kier alpha value is -5.51. The molecule has 57 heavy (non-hydrogen) atoms. The van der Waals surface area contributed by atoms with E-state index < -0.39 is 10.0 Å². The Morgan fingerprint density at radius 3 is 1.54 bits per heavy atom. The lowest BCUT2D eigenvalue weighted by Gasteiger charge is -2.57. The fourth-order valence-corrected chi connectivity index (χ4v) is 14.2. The normalized spacial score (nSPS) is 22.7. The highest BCUT2D eigenvalue weighted by Gasteiger charge is 2.51. The molecule has 1 aliphatic heterocycles. The van der Waals surface area contributed by atoms with Gasteiger partial charge in [-0.25, -0.2) is 0 Å². The van der Waals surface area contributed by atoms with Gasteiger partial charge in [-0.15, -0.1) is 0 Å². The van der Waals surface area contributed by atoms with Crippen molar-refractivity contribution < 1.29 is 0 Å². The summed E-state index contributed by atoms with van der Waals surface area (Å²) >= 11 is 0. The lowest BCUT2D eigenvalue weighted by Crippen LogP contribution is -2.48. The van der Waals surface area contributed by atoms with E-state index in [-0.39, 0.29) is 0 Å². The highest BCUT2D eigenvalue weighted by atomic mass is 32.3. The van der Waals surface area contributed by atoms with Crippen molar-refractivity contribution >= 4 is 44.2 Å². The summed E-state index contributed by atoms with van der Waals surface area (Å²) in [6.45, 7) is 0. The third-order valence-electron chi connectivity index (χ3n) is 13.9. The van der Waals surface area contributed by atoms with Gasteiger partial charge in [0.25, 0.3) is 0 Å². The summed E-state index contributed by atoms with van der Waals surface area (Å²) in [4.78, 5) is 7.82. The lowest BCUT2D eigenvalue weighted by atomic mass is 9.48. The third-order valence-corrected chi connectivity index (χ3v) is 16.8. The fourth-order valence-electron chi connectivity index (χ4n) is 11.7. The minimum absolute atomic E-state index is 0.392. The molecule has 0 aromatic heterocycles. The smallest absolute Gasteiger partial charge is 0.0540 e. The Morgan fingerprint density at radius 2 is 0.895 bits per heavy atom. The van der Waals surface area contributed by atoms with E-state index in [9.17, 15) is 0 Å². The topological polar surface area (TPSA) is 6.48 Å². The summed E-state index contributed by atoms with van der Waals surface area (Å²) in [5.74, 6) is 2.82. The molecule has 3 heteroatoms. The van der Waals surface area contributed by atoms with Gasteiger partial charge in [0, 0.05) is 43.8 Å². The van der Waals surface area contributed by atoms with E-state index in [1.54, 1.807) is 5.56 Å². The Kier molecular flexibility index (Phi) is 8.26. The van der Waals surface area contributed by atoms with E-state index in [0.29, 0.717) is 5.41 Å². The van der Waals surface area contributed by atoms with E-state index in [2.05, 4.69) is 198 Å². The van der Waals surface area contributed by atoms with Gasteiger partial charge in [-0.3, -0.25) is 0 Å². The Morgan fingerprint density at radius 1 is 0.421 bits per heavy atom. The molecule has 7 aromatic rings. The van der Waals surface area contributed by atoms with Crippen LogP contribution in [0.4, 0.5) is 34.1 Å². The van der Waals surface area contributed by atoms with Crippen molar-refractivity contribution in [3.8, 4) is 22.3 Å². The second kappa shape index (κ2) is 13.6. The van der Waals surface area contributed by atoms with Crippen LogP contribution in [0.25, 0.3) is 22.3 Å². The third kappa shape index (κ3) is 5.85. The zero-order valence-electron chi connectivity index (χ0n) is 33.0. The Balaban J connectivity index is 1.00. The Bertz CT molecular complexity index is 2540. The van der Waals surface area contributed by atoms with Crippen LogP contribution in [0.5, 0.6) is 0 Å². The highest BCUT2D eigenvalue weighted by molar-refractivity contribution is 8.33. The summed E-state index contributed by atoms with van der Waals surface area (Å²) in [5.41, 5.74) is 14.1. The van der Waals surface area contributed by atoms with Crippen LogP contribution >= 0.6 is 10.0 Å². The van der Waals surface area contributed by atoms with Gasteiger partial charge in [-0.1, -0.05) is 103 Å². The number of hydrogen-bond donors (Lipinski definition) is 0. The SMILES string of the molecule is CS1(C)c2ccccc2-c2ccc(N(c3ccc(N(c4ccccc4)c4ccc(C56CC7CC(CC(C7)C5)C6)cc4)cc3)c3ccccc3-c3ccccc3)cc21. The molecule has 7 aromatic carbocycles. The molecule has 4 bridgehead atoms. The van der Waals surface area contributed by atoms with Crippen molar-refractivity contribution in [3.63, 3.8) is 0 Å². The number of hydrogen-bond acceptors (Lipinski definition) is 2. The number of anilines is 6. The minimum Gasteiger partial charge on any atom is -0.311 e. The van der Waals surface area contributed by atoms with Gasteiger partial charge in [0.1, 0.15) is 0 Å². The quantitative estimate of drug-likeness (QED) is 0.152. The second-order valence-corrected chi connectivity index (χ2v) is 21.2. The molecule has 0 amide bonds. The van der Waals surface area contributed by atoms with Crippen LogP contribution in [0.3, 0.4) is 0 Å². The largest absolute Gasteiger partial charge is 0.311 e. The van der Waals surface area contributed by atoms with Gasteiger partial charge < -0.3 is 9.80 Å². The van der Waals surface area contributed by atoms with Gasteiger partial charge >= 0.3 is 0 Å². The van der Waals surface area contributed by atoms with E-state index in [4.69, 9.17) is 0 Å². The van der Waals surface area contributed by atoms with Crippen LogP contribution in [-0.4, -0.2) is 12.5 Å².